The average Bonchev–Trinajstić information content (AvgIpc) is 3.71. The highest BCUT2D eigenvalue weighted by atomic mass is 16.5. The molecule has 1 saturated heterocycles. The lowest BCUT2D eigenvalue weighted by Crippen LogP contribution is -2.53. The number of hydrogen-bond acceptors (Lipinski definition) is 12. The number of alkyl carbamates (subject to hydrolysis) is 1. The van der Waals surface area contributed by atoms with E-state index in [1.54, 1.807) is 19.6 Å². The smallest absolute Gasteiger partial charge is 0.407 e. The Morgan fingerprint density at radius 1 is 0.448 bits per heavy atom. The lowest BCUT2D eigenvalue weighted by atomic mass is 10.0. The van der Waals surface area contributed by atoms with Crippen LogP contribution in [0.15, 0.2) is 30.3 Å². The van der Waals surface area contributed by atoms with Crippen LogP contribution in [0.3, 0.4) is 0 Å². The maximum absolute atomic E-state index is 14.2. The minimum Gasteiger partial charge on any atom is -0.480 e. The molecular weight excluding hydrogens is 1100 g/mol. The van der Waals surface area contributed by atoms with Gasteiger partial charge in [-0.2, -0.15) is 0 Å². The van der Waals surface area contributed by atoms with Crippen molar-refractivity contribution in [1.29, 1.82) is 0 Å². The fourth-order valence-corrected chi connectivity index (χ4v) is 11.4. The predicted octanol–water partition coefficient (Wildman–Crippen LogP) is 11.5. The van der Waals surface area contributed by atoms with Crippen molar-refractivity contribution in [3.63, 3.8) is 0 Å². The van der Waals surface area contributed by atoms with Gasteiger partial charge in [-0.15, -0.1) is 0 Å². The number of ether oxygens (including phenoxy) is 1. The van der Waals surface area contributed by atoms with Crippen LogP contribution in [0, 0.1) is 0 Å². The van der Waals surface area contributed by atoms with Gasteiger partial charge < -0.3 is 40.9 Å². The summed E-state index contributed by atoms with van der Waals surface area (Å²) in [6.45, 7) is 6.71. The normalized spacial score (nSPS) is 14.4. The summed E-state index contributed by atoms with van der Waals surface area (Å²) < 4.78 is 5.36. The van der Waals surface area contributed by atoms with Gasteiger partial charge in [-0.1, -0.05) is 237 Å². The number of hydrogen-bond donors (Lipinski definition) is 6. The summed E-state index contributed by atoms with van der Waals surface area (Å²) >= 11 is 0. The zero-order valence-electron chi connectivity index (χ0n) is 54.6. The lowest BCUT2D eigenvalue weighted by Gasteiger charge is -2.33. The Labute approximate surface area is 525 Å². The zero-order chi connectivity index (χ0) is 63.2. The predicted molar refractivity (Wildman–Crippen MR) is 348 cm³/mol. The Bertz CT molecular complexity index is 1870. The number of rotatable bonds is 53. The van der Waals surface area contributed by atoms with Crippen molar-refractivity contribution < 1.29 is 53.6 Å². The molecule has 19 heteroatoms. The van der Waals surface area contributed by atoms with E-state index in [-0.39, 0.29) is 111 Å². The van der Waals surface area contributed by atoms with Gasteiger partial charge in [0.1, 0.15) is 12.6 Å². The van der Waals surface area contributed by atoms with E-state index in [4.69, 9.17) is 4.74 Å². The summed E-state index contributed by atoms with van der Waals surface area (Å²) in [6, 6.07) is 8.32. The second-order valence-electron chi connectivity index (χ2n) is 24.6. The van der Waals surface area contributed by atoms with Crippen molar-refractivity contribution in [2.24, 2.45) is 0 Å². The molecule has 6 N–H and O–H groups in total. The van der Waals surface area contributed by atoms with Gasteiger partial charge in [0.05, 0.1) is 32.7 Å². The van der Waals surface area contributed by atoms with E-state index < -0.39 is 41.9 Å². The maximum atomic E-state index is 14.2. The number of carbonyl (C=O) groups is 7. The Morgan fingerprint density at radius 3 is 1.15 bits per heavy atom. The quantitative estimate of drug-likeness (QED) is 0.0332. The van der Waals surface area contributed by atoms with Gasteiger partial charge in [0.2, 0.25) is 17.7 Å². The molecule has 1 aromatic rings. The molecule has 0 aliphatic carbocycles. The summed E-state index contributed by atoms with van der Waals surface area (Å²) in [5, 5.41) is 37.6. The highest BCUT2D eigenvalue weighted by molar-refractivity contribution is 5.91. The number of nitrogens with one attached hydrogen (secondary N) is 3. The molecule has 0 bridgehead atoms. The molecular formula is C68H122N8O11. The number of unbranched alkanes of at least 4 members (excludes halogenated alkanes) is 31. The van der Waals surface area contributed by atoms with E-state index in [1.165, 1.54) is 167 Å². The summed E-state index contributed by atoms with van der Waals surface area (Å²) in [5.74, 6) is -4.30. The molecule has 4 amide bonds. The van der Waals surface area contributed by atoms with Gasteiger partial charge in [0.15, 0.2) is 0 Å². The van der Waals surface area contributed by atoms with Crippen LogP contribution in [0.4, 0.5) is 4.79 Å². The molecule has 0 aromatic heterocycles. The Morgan fingerprint density at radius 2 is 0.793 bits per heavy atom. The van der Waals surface area contributed by atoms with Gasteiger partial charge >= 0.3 is 24.0 Å². The Hall–Kier alpha value is -4.85. The molecule has 1 aliphatic heterocycles. The van der Waals surface area contributed by atoms with Crippen molar-refractivity contribution in [2.75, 3.05) is 105 Å². The molecule has 0 radical (unpaired) electrons. The van der Waals surface area contributed by atoms with Gasteiger partial charge in [-0.3, -0.25) is 48.4 Å². The van der Waals surface area contributed by atoms with E-state index >= 15 is 0 Å². The standard InChI is InChI=1S/C68H122N8O11/c1-3-5-7-9-11-13-15-17-19-21-23-25-27-29-31-38-44-76(45-39-32-30-28-26-24-22-20-18-16-14-12-10-8-6-4-2)63(78)54-70-67(85)61(42-36-37-43-69-68(86)87-59-60-40-34-33-35-41-60)71-62(77)55-72-46-48-73(56-64(79)80)50-52-75(58-66(83)84)53-51-74(49-47-72)57-65(81)82/h33-35,40-41,61H,3-32,36-39,42-59H2,1-2H3,(H,69,86)(H,70,85)(H,71,77)(H,79,80)(H,81,82)(H,83,84)/t61-/m0/s1. The molecule has 0 spiro atoms. The first-order chi connectivity index (χ1) is 42.3. The van der Waals surface area contributed by atoms with Crippen LogP contribution in [0.1, 0.15) is 244 Å². The molecule has 19 nitrogen and oxygen atoms in total. The molecule has 500 valence electrons. The third-order valence-corrected chi connectivity index (χ3v) is 16.8. The first-order valence-electron chi connectivity index (χ1n) is 34.6. The molecule has 2 rings (SSSR count). The topological polar surface area (TPSA) is 242 Å². The van der Waals surface area contributed by atoms with Crippen molar-refractivity contribution in [2.45, 2.75) is 251 Å². The van der Waals surface area contributed by atoms with Crippen molar-refractivity contribution >= 4 is 41.7 Å². The van der Waals surface area contributed by atoms with E-state index in [0.717, 1.165) is 44.1 Å². The number of nitrogens with zero attached hydrogens (tertiary/aromatic N) is 5. The van der Waals surface area contributed by atoms with Crippen LogP contribution in [0.5, 0.6) is 0 Å². The maximum Gasteiger partial charge on any atom is 0.407 e. The van der Waals surface area contributed by atoms with Crippen molar-refractivity contribution in [3.05, 3.63) is 35.9 Å². The fourth-order valence-electron chi connectivity index (χ4n) is 11.4. The van der Waals surface area contributed by atoms with Gasteiger partial charge in [0.25, 0.3) is 0 Å². The van der Waals surface area contributed by atoms with Crippen LogP contribution in [0.2, 0.25) is 0 Å². The summed E-state index contributed by atoms with van der Waals surface area (Å²) in [4.78, 5) is 99.1. The molecule has 0 saturated carbocycles. The number of benzene rings is 1. The van der Waals surface area contributed by atoms with E-state index in [2.05, 4.69) is 29.8 Å². The van der Waals surface area contributed by atoms with Gasteiger partial charge in [-0.05, 0) is 37.7 Å². The van der Waals surface area contributed by atoms with Gasteiger partial charge in [-0.25, -0.2) is 4.79 Å². The fraction of sp³-hybridized carbons (Fsp3) is 0.809. The largest absolute Gasteiger partial charge is 0.480 e. The van der Waals surface area contributed by atoms with Crippen LogP contribution < -0.4 is 16.0 Å². The molecule has 87 heavy (non-hydrogen) atoms. The summed E-state index contributed by atoms with van der Waals surface area (Å²) in [5.41, 5.74) is 0.853. The lowest BCUT2D eigenvalue weighted by molar-refractivity contribution is -0.140. The van der Waals surface area contributed by atoms with E-state index in [9.17, 15) is 48.9 Å². The molecule has 0 unspecified atom stereocenters. The molecule has 1 aliphatic rings. The molecule has 1 atom stereocenters. The first-order valence-corrected chi connectivity index (χ1v) is 34.6. The average molecular weight is 1230 g/mol. The van der Waals surface area contributed by atoms with Crippen molar-refractivity contribution in [3.8, 4) is 0 Å². The van der Waals surface area contributed by atoms with Crippen molar-refractivity contribution in [1.82, 2.24) is 40.4 Å². The SMILES string of the molecule is CCCCCCCCCCCCCCCCCCN(CCCCCCCCCCCCCCCCCC)C(=O)CNC(=O)[C@H](CCCCNC(=O)OCc1ccccc1)NC(=O)CN1CCN(CC(=O)O)CCN(CC(=O)O)CCN(CC(=O)O)CC1. The molecule has 1 fully saturated rings. The number of aliphatic carboxylic acids is 3. The highest BCUT2D eigenvalue weighted by Gasteiger charge is 2.26. The zero-order valence-corrected chi connectivity index (χ0v) is 54.6. The Kier molecular flexibility index (Phi) is 48.7. The minimum absolute atomic E-state index is 0.119. The van der Waals surface area contributed by atoms with E-state index in [0.29, 0.717) is 25.9 Å². The van der Waals surface area contributed by atoms with E-state index in [1.807, 2.05) is 35.2 Å². The summed E-state index contributed by atoms with van der Waals surface area (Å²) in [7, 11) is 0. The molecule has 1 aromatic carbocycles. The minimum atomic E-state index is -1.06. The number of amides is 4. The van der Waals surface area contributed by atoms with Crippen LogP contribution >= 0.6 is 0 Å². The highest BCUT2D eigenvalue weighted by Crippen LogP contribution is 2.17. The Balaban J connectivity index is 2.10. The summed E-state index contributed by atoms with van der Waals surface area (Å²) in [6.07, 6.45) is 41.1. The number of carboxylic acid groups (broad SMARTS) is 3. The first kappa shape index (κ1) is 78.2. The second-order valence-corrected chi connectivity index (χ2v) is 24.6. The van der Waals surface area contributed by atoms with Gasteiger partial charge in [0, 0.05) is 72.0 Å². The third-order valence-electron chi connectivity index (χ3n) is 16.8. The monoisotopic (exact) mass is 1230 g/mol. The number of carboxylic acids is 3. The van der Waals surface area contributed by atoms with Crippen LogP contribution in [0.25, 0.3) is 0 Å². The second kappa shape index (κ2) is 54.1. The van der Waals surface area contributed by atoms with Crippen LogP contribution in [-0.4, -0.2) is 192 Å². The number of carbonyl (C=O) groups excluding carboxylic acids is 4. The molecule has 1 heterocycles. The third kappa shape index (κ3) is 46.0. The van der Waals surface area contributed by atoms with Crippen LogP contribution in [-0.2, 0) is 40.1 Å².